The Hall–Kier alpha value is 0.640. The van der Waals surface area contributed by atoms with Gasteiger partial charge < -0.3 is 0 Å². The van der Waals surface area contributed by atoms with Gasteiger partial charge in [0.25, 0.3) is 0 Å². The predicted molar refractivity (Wildman–Crippen MR) is 58.1 cm³/mol. The van der Waals surface area contributed by atoms with E-state index in [4.69, 9.17) is 0 Å². The number of rotatable bonds is 2. The van der Waals surface area contributed by atoms with Crippen LogP contribution in [0.25, 0.3) is 0 Å². The topological polar surface area (TPSA) is 37.4 Å². The van der Waals surface area contributed by atoms with Crippen molar-refractivity contribution in [1.82, 2.24) is 4.31 Å². The van der Waals surface area contributed by atoms with Crippen molar-refractivity contribution in [3.05, 3.63) is 0 Å². The van der Waals surface area contributed by atoms with Gasteiger partial charge in [-0.05, 0) is 20.3 Å². The largest absolute Gasteiger partial charge is 0.216 e. The molecule has 0 aromatic rings. The molecule has 72 valence electrons. The molecule has 0 radical (unpaired) electrons. The van der Waals surface area contributed by atoms with Crippen molar-refractivity contribution in [1.29, 1.82) is 0 Å². The first-order valence-corrected chi connectivity index (χ1v) is 6.82. The molecule has 5 heteroatoms. The van der Waals surface area contributed by atoms with Crippen molar-refractivity contribution < 1.29 is 8.42 Å². The van der Waals surface area contributed by atoms with Crippen LogP contribution in [0.15, 0.2) is 0 Å². The molecule has 0 aromatic heterocycles. The summed E-state index contributed by atoms with van der Waals surface area (Å²) in [5, 5.41) is -0.279. The number of hydrogen-bond donors (Lipinski definition) is 0. The predicted octanol–water partition coefficient (Wildman–Crippen LogP) is 1.23. The molecule has 0 N–H and O–H groups in total. The molecule has 0 spiro atoms. The number of nitrogens with zero attached hydrogens (tertiary/aromatic N) is 1. The molecule has 0 aliphatic carbocycles. The molecule has 0 amide bonds. The summed E-state index contributed by atoms with van der Waals surface area (Å²) in [5.74, 6) is 0. The maximum Gasteiger partial charge on any atom is 0.216 e. The van der Waals surface area contributed by atoms with Gasteiger partial charge >= 0.3 is 0 Å². The van der Waals surface area contributed by atoms with Crippen molar-refractivity contribution in [2.75, 3.05) is 13.1 Å². The summed E-state index contributed by atoms with van der Waals surface area (Å²) in [6.45, 7) is 4.86. The standard InChI is InChI=1S/C7H14INO2S/c1-6(2)12(10,11)9-4-3-7(8)5-9/h6-7H,3-5H2,1-2H3. The summed E-state index contributed by atoms with van der Waals surface area (Å²) in [6, 6.07) is 0. The van der Waals surface area contributed by atoms with E-state index < -0.39 is 10.0 Å². The Balaban J connectivity index is 2.71. The van der Waals surface area contributed by atoms with Crippen LogP contribution >= 0.6 is 22.6 Å². The van der Waals surface area contributed by atoms with Crippen molar-refractivity contribution in [3.63, 3.8) is 0 Å². The van der Waals surface area contributed by atoms with Gasteiger partial charge in [-0.15, -0.1) is 0 Å². The molecule has 1 fully saturated rings. The Morgan fingerprint density at radius 3 is 2.42 bits per heavy atom. The number of alkyl halides is 1. The fourth-order valence-corrected chi connectivity index (χ4v) is 3.58. The first-order valence-electron chi connectivity index (χ1n) is 4.07. The molecule has 1 aliphatic rings. The molecular weight excluding hydrogens is 289 g/mol. The van der Waals surface area contributed by atoms with Crippen LogP contribution in [0.1, 0.15) is 20.3 Å². The Bertz CT molecular complexity index is 250. The second-order valence-electron chi connectivity index (χ2n) is 3.34. The van der Waals surface area contributed by atoms with Gasteiger partial charge in [-0.1, -0.05) is 22.6 Å². The van der Waals surface area contributed by atoms with Crippen LogP contribution in [-0.4, -0.2) is 35.0 Å². The highest BCUT2D eigenvalue weighted by atomic mass is 127. The molecule has 1 saturated heterocycles. The molecule has 12 heavy (non-hydrogen) atoms. The minimum atomic E-state index is -2.98. The van der Waals surface area contributed by atoms with Crippen LogP contribution in [-0.2, 0) is 10.0 Å². The average Bonchev–Trinajstić information content (AvgIpc) is 2.35. The van der Waals surface area contributed by atoms with E-state index in [1.54, 1.807) is 18.2 Å². The third-order valence-electron chi connectivity index (χ3n) is 2.05. The molecule has 1 atom stereocenters. The fraction of sp³-hybridized carbons (Fsp3) is 1.00. The highest BCUT2D eigenvalue weighted by molar-refractivity contribution is 14.1. The fourth-order valence-electron chi connectivity index (χ4n) is 1.22. The molecule has 1 heterocycles. The van der Waals surface area contributed by atoms with Crippen LogP contribution in [0.2, 0.25) is 0 Å². The van der Waals surface area contributed by atoms with Crippen LogP contribution in [0.5, 0.6) is 0 Å². The third kappa shape index (κ3) is 2.11. The van der Waals surface area contributed by atoms with Crippen molar-refractivity contribution in [2.24, 2.45) is 0 Å². The summed E-state index contributed by atoms with van der Waals surface area (Å²) in [5.41, 5.74) is 0. The van der Waals surface area contributed by atoms with E-state index >= 15 is 0 Å². The van der Waals surface area contributed by atoms with Gasteiger partial charge in [0.15, 0.2) is 0 Å². The molecule has 0 aromatic carbocycles. The zero-order valence-electron chi connectivity index (χ0n) is 7.33. The van der Waals surface area contributed by atoms with Crippen LogP contribution in [0.4, 0.5) is 0 Å². The summed E-state index contributed by atoms with van der Waals surface area (Å²) < 4.78 is 25.3. The van der Waals surface area contributed by atoms with E-state index in [1.807, 2.05) is 0 Å². The van der Waals surface area contributed by atoms with E-state index in [1.165, 1.54) is 0 Å². The van der Waals surface area contributed by atoms with E-state index in [2.05, 4.69) is 22.6 Å². The average molecular weight is 303 g/mol. The van der Waals surface area contributed by atoms with E-state index in [0.29, 0.717) is 17.0 Å². The van der Waals surface area contributed by atoms with Gasteiger partial charge in [-0.3, -0.25) is 0 Å². The van der Waals surface area contributed by atoms with Gasteiger partial charge in [-0.25, -0.2) is 12.7 Å². The minimum Gasteiger partial charge on any atom is -0.212 e. The van der Waals surface area contributed by atoms with Gasteiger partial charge in [0, 0.05) is 17.0 Å². The summed E-state index contributed by atoms with van der Waals surface area (Å²) >= 11 is 2.30. The number of sulfonamides is 1. The first-order chi connectivity index (χ1) is 5.44. The zero-order chi connectivity index (χ0) is 9.35. The molecule has 0 saturated carbocycles. The summed E-state index contributed by atoms with van der Waals surface area (Å²) in [7, 11) is -2.98. The smallest absolute Gasteiger partial charge is 0.212 e. The van der Waals surface area contributed by atoms with Crippen LogP contribution in [0, 0.1) is 0 Å². The summed E-state index contributed by atoms with van der Waals surface area (Å²) in [4.78, 5) is 0. The molecule has 1 aliphatic heterocycles. The maximum atomic E-state index is 11.6. The second-order valence-corrected chi connectivity index (χ2v) is 7.59. The van der Waals surface area contributed by atoms with Crippen LogP contribution in [0.3, 0.4) is 0 Å². The molecule has 0 bridgehead atoms. The SMILES string of the molecule is CC(C)S(=O)(=O)N1CCC(I)C1. The van der Waals surface area contributed by atoms with E-state index in [-0.39, 0.29) is 5.25 Å². The number of halogens is 1. The van der Waals surface area contributed by atoms with Crippen LogP contribution < -0.4 is 0 Å². The second kappa shape index (κ2) is 3.79. The molecule has 1 unspecified atom stereocenters. The van der Waals surface area contributed by atoms with E-state index in [0.717, 1.165) is 6.42 Å². The van der Waals surface area contributed by atoms with Crippen molar-refractivity contribution >= 4 is 32.6 Å². The van der Waals surface area contributed by atoms with E-state index in [9.17, 15) is 8.42 Å². The normalized spacial score (nSPS) is 26.8. The molecule has 1 rings (SSSR count). The molecule has 3 nitrogen and oxygen atoms in total. The Morgan fingerprint density at radius 2 is 2.08 bits per heavy atom. The Labute approximate surface area is 87.7 Å². The van der Waals surface area contributed by atoms with Gasteiger partial charge in [0.05, 0.1) is 5.25 Å². The minimum absolute atomic E-state index is 0.279. The highest BCUT2D eigenvalue weighted by Crippen LogP contribution is 2.21. The van der Waals surface area contributed by atoms with Crippen molar-refractivity contribution in [3.8, 4) is 0 Å². The summed E-state index contributed by atoms with van der Waals surface area (Å²) in [6.07, 6.45) is 0.993. The monoisotopic (exact) mass is 303 g/mol. The highest BCUT2D eigenvalue weighted by Gasteiger charge is 2.31. The Morgan fingerprint density at radius 1 is 1.50 bits per heavy atom. The Kier molecular flexibility index (Phi) is 3.39. The lowest BCUT2D eigenvalue weighted by Gasteiger charge is -2.18. The quantitative estimate of drug-likeness (QED) is 0.568. The van der Waals surface area contributed by atoms with Gasteiger partial charge in [0.1, 0.15) is 0 Å². The maximum absolute atomic E-state index is 11.6. The van der Waals surface area contributed by atoms with Gasteiger partial charge in [-0.2, -0.15) is 0 Å². The lowest BCUT2D eigenvalue weighted by atomic mass is 10.4. The third-order valence-corrected chi connectivity index (χ3v) is 5.31. The zero-order valence-corrected chi connectivity index (χ0v) is 10.3. The van der Waals surface area contributed by atoms with Gasteiger partial charge in [0.2, 0.25) is 10.0 Å². The lowest BCUT2D eigenvalue weighted by molar-refractivity contribution is 0.471. The lowest BCUT2D eigenvalue weighted by Crippen LogP contribution is -2.34. The molecular formula is C7H14INO2S. The van der Waals surface area contributed by atoms with Crippen molar-refractivity contribution in [2.45, 2.75) is 29.4 Å². The number of hydrogen-bond acceptors (Lipinski definition) is 2. The first kappa shape index (κ1) is 10.7.